The molecule has 0 saturated carbocycles. The number of rotatable bonds is 2. The fraction of sp³-hybridized carbons (Fsp3) is 0.364. The first kappa shape index (κ1) is 11.3. The highest BCUT2D eigenvalue weighted by Crippen LogP contribution is 2.31. The van der Waals surface area contributed by atoms with Crippen molar-refractivity contribution < 1.29 is 9.00 Å². The fourth-order valence-electron chi connectivity index (χ4n) is 2.01. The van der Waals surface area contributed by atoms with Gasteiger partial charge >= 0.3 is 0 Å². The molecule has 1 aromatic carbocycles. The van der Waals surface area contributed by atoms with Crippen LogP contribution in [-0.4, -0.2) is 23.7 Å². The van der Waals surface area contributed by atoms with Gasteiger partial charge in [-0.2, -0.15) is 0 Å². The van der Waals surface area contributed by atoms with Crippen molar-refractivity contribution in [2.45, 2.75) is 18.2 Å². The Bertz CT molecular complexity index is 459. The van der Waals surface area contributed by atoms with Crippen molar-refractivity contribution in [2.75, 3.05) is 18.5 Å². The van der Waals surface area contributed by atoms with Crippen molar-refractivity contribution in [3.63, 3.8) is 0 Å². The van der Waals surface area contributed by atoms with Gasteiger partial charge in [-0.3, -0.25) is 4.79 Å². The van der Waals surface area contributed by atoms with Crippen molar-refractivity contribution >= 4 is 22.6 Å². The Kier molecular flexibility index (Phi) is 3.07. The SMILES string of the molecule is CNS(=O)c1cccc2c1CCN2C(C)=O. The summed E-state index contributed by atoms with van der Waals surface area (Å²) < 4.78 is 14.5. The van der Waals surface area contributed by atoms with Crippen LogP contribution >= 0.6 is 0 Å². The van der Waals surface area contributed by atoms with Gasteiger partial charge in [0.2, 0.25) is 5.91 Å². The number of carbonyl (C=O) groups is 1. The van der Waals surface area contributed by atoms with Crippen LogP contribution in [0.1, 0.15) is 12.5 Å². The summed E-state index contributed by atoms with van der Waals surface area (Å²) in [5, 5.41) is 0. The number of nitrogens with zero attached hydrogens (tertiary/aromatic N) is 1. The molecule has 0 aliphatic carbocycles. The molecule has 4 nitrogen and oxygen atoms in total. The van der Waals surface area contributed by atoms with Gasteiger partial charge < -0.3 is 4.90 Å². The zero-order valence-corrected chi connectivity index (χ0v) is 10.1. The number of benzene rings is 1. The van der Waals surface area contributed by atoms with Crippen LogP contribution in [0.25, 0.3) is 0 Å². The molecule has 1 aromatic rings. The van der Waals surface area contributed by atoms with Crippen LogP contribution in [0.3, 0.4) is 0 Å². The van der Waals surface area contributed by atoms with E-state index in [4.69, 9.17) is 0 Å². The van der Waals surface area contributed by atoms with Crippen LogP contribution in [0, 0.1) is 0 Å². The summed E-state index contributed by atoms with van der Waals surface area (Å²) in [6.07, 6.45) is 0.776. The molecule has 1 amide bonds. The molecular weight excluding hydrogens is 224 g/mol. The Morgan fingerprint density at radius 3 is 2.88 bits per heavy atom. The second-order valence-electron chi connectivity index (χ2n) is 3.65. The van der Waals surface area contributed by atoms with Gasteiger partial charge in [-0.25, -0.2) is 8.93 Å². The molecule has 0 spiro atoms. The van der Waals surface area contributed by atoms with Crippen molar-refractivity contribution in [3.8, 4) is 0 Å². The lowest BCUT2D eigenvalue weighted by molar-refractivity contribution is -0.116. The van der Waals surface area contributed by atoms with Gasteiger partial charge in [0, 0.05) is 19.2 Å². The average Bonchev–Trinajstić information content (AvgIpc) is 2.71. The molecule has 0 aromatic heterocycles. The maximum atomic E-state index is 11.7. The molecule has 2 rings (SSSR count). The van der Waals surface area contributed by atoms with Gasteiger partial charge in [-0.05, 0) is 31.2 Å². The first-order valence-electron chi connectivity index (χ1n) is 5.14. The standard InChI is InChI=1S/C11H14N2O2S/c1-8(14)13-7-6-9-10(13)4-3-5-11(9)16(15)12-2/h3-5,12H,6-7H2,1-2H3. The first-order chi connectivity index (χ1) is 7.65. The maximum Gasteiger partial charge on any atom is 0.223 e. The number of amides is 1. The highest BCUT2D eigenvalue weighted by atomic mass is 32.2. The molecule has 0 bridgehead atoms. The van der Waals surface area contributed by atoms with E-state index in [1.165, 1.54) is 0 Å². The number of nitrogens with one attached hydrogen (secondary N) is 1. The van der Waals surface area contributed by atoms with E-state index in [9.17, 15) is 9.00 Å². The van der Waals surface area contributed by atoms with E-state index in [0.29, 0.717) is 6.54 Å². The van der Waals surface area contributed by atoms with Crippen LogP contribution in [0.2, 0.25) is 0 Å². The zero-order chi connectivity index (χ0) is 11.7. The predicted molar refractivity (Wildman–Crippen MR) is 63.6 cm³/mol. The van der Waals surface area contributed by atoms with E-state index >= 15 is 0 Å². The number of fused-ring (bicyclic) bond motifs is 1. The fourth-order valence-corrected chi connectivity index (χ4v) is 2.87. The molecular formula is C11H14N2O2S. The van der Waals surface area contributed by atoms with Crippen molar-refractivity contribution in [1.82, 2.24) is 4.72 Å². The quantitative estimate of drug-likeness (QED) is 0.830. The third-order valence-corrected chi connectivity index (χ3v) is 3.90. The van der Waals surface area contributed by atoms with E-state index in [-0.39, 0.29) is 5.91 Å². The van der Waals surface area contributed by atoms with Gasteiger partial charge in [0.1, 0.15) is 11.0 Å². The Morgan fingerprint density at radius 1 is 1.50 bits per heavy atom. The number of hydrogen-bond donors (Lipinski definition) is 1. The van der Waals surface area contributed by atoms with Crippen LogP contribution in [-0.2, 0) is 22.2 Å². The molecule has 0 fully saturated rings. The predicted octanol–water partition coefficient (Wildman–Crippen LogP) is 0.838. The van der Waals surface area contributed by atoms with Crippen molar-refractivity contribution in [2.24, 2.45) is 0 Å². The lowest BCUT2D eigenvalue weighted by atomic mass is 10.2. The molecule has 5 heteroatoms. The van der Waals surface area contributed by atoms with Crippen molar-refractivity contribution in [1.29, 1.82) is 0 Å². The smallest absolute Gasteiger partial charge is 0.223 e. The van der Waals surface area contributed by atoms with Crippen LogP contribution in [0.5, 0.6) is 0 Å². The van der Waals surface area contributed by atoms with Crippen LogP contribution < -0.4 is 9.62 Å². The third kappa shape index (κ3) is 1.76. The molecule has 1 aliphatic rings. The van der Waals surface area contributed by atoms with Crippen molar-refractivity contribution in [3.05, 3.63) is 23.8 Å². The van der Waals surface area contributed by atoms with E-state index in [2.05, 4.69) is 4.72 Å². The number of anilines is 1. The van der Waals surface area contributed by atoms with E-state index in [1.807, 2.05) is 18.2 Å². The second-order valence-corrected chi connectivity index (χ2v) is 5.03. The van der Waals surface area contributed by atoms with E-state index in [0.717, 1.165) is 22.6 Å². The summed E-state index contributed by atoms with van der Waals surface area (Å²) in [5.41, 5.74) is 1.92. The minimum atomic E-state index is -1.19. The lowest BCUT2D eigenvalue weighted by Gasteiger charge is -2.15. The maximum absolute atomic E-state index is 11.7. The molecule has 16 heavy (non-hydrogen) atoms. The number of carbonyl (C=O) groups excluding carboxylic acids is 1. The monoisotopic (exact) mass is 238 g/mol. The van der Waals surface area contributed by atoms with Gasteiger partial charge in [0.15, 0.2) is 0 Å². The van der Waals surface area contributed by atoms with Gasteiger partial charge in [-0.1, -0.05) is 6.07 Å². The molecule has 86 valence electrons. The summed E-state index contributed by atoms with van der Waals surface area (Å²) in [7, 11) is 0.472. The molecule has 1 aliphatic heterocycles. The van der Waals surface area contributed by atoms with Gasteiger partial charge in [0.05, 0.1) is 4.90 Å². The first-order valence-corrected chi connectivity index (χ1v) is 6.29. The minimum Gasteiger partial charge on any atom is -0.312 e. The summed E-state index contributed by atoms with van der Waals surface area (Å²) in [5.74, 6) is 0.0335. The minimum absolute atomic E-state index is 0.0335. The van der Waals surface area contributed by atoms with Gasteiger partial charge in [-0.15, -0.1) is 0 Å². The summed E-state index contributed by atoms with van der Waals surface area (Å²) in [4.78, 5) is 13.9. The topological polar surface area (TPSA) is 49.4 Å². The normalized spacial score (nSPS) is 16.0. The molecule has 1 atom stereocenters. The van der Waals surface area contributed by atoms with Gasteiger partial charge in [0.25, 0.3) is 0 Å². The Morgan fingerprint density at radius 2 is 2.25 bits per heavy atom. The summed E-state index contributed by atoms with van der Waals surface area (Å²) >= 11 is 0. The summed E-state index contributed by atoms with van der Waals surface area (Å²) in [6, 6.07) is 5.58. The Balaban J connectivity index is 2.47. The molecule has 1 N–H and O–H groups in total. The van der Waals surface area contributed by atoms with Crippen LogP contribution in [0.15, 0.2) is 23.1 Å². The molecule has 1 unspecified atom stereocenters. The van der Waals surface area contributed by atoms with Crippen LogP contribution in [0.4, 0.5) is 5.69 Å². The molecule has 0 saturated heterocycles. The van der Waals surface area contributed by atoms with E-state index in [1.54, 1.807) is 18.9 Å². The summed E-state index contributed by atoms with van der Waals surface area (Å²) in [6.45, 7) is 2.24. The second kappa shape index (κ2) is 4.35. The molecule has 0 radical (unpaired) electrons. The average molecular weight is 238 g/mol. The number of hydrogen-bond acceptors (Lipinski definition) is 2. The highest BCUT2D eigenvalue weighted by Gasteiger charge is 2.25. The third-order valence-electron chi connectivity index (χ3n) is 2.75. The molecule has 1 heterocycles. The van der Waals surface area contributed by atoms with E-state index < -0.39 is 11.0 Å². The Labute approximate surface area is 97.2 Å². The zero-order valence-electron chi connectivity index (χ0n) is 9.32. The highest BCUT2D eigenvalue weighted by molar-refractivity contribution is 7.83. The Hall–Kier alpha value is -1.20. The largest absolute Gasteiger partial charge is 0.312 e. The lowest BCUT2D eigenvalue weighted by Crippen LogP contribution is -2.25.